The lowest BCUT2D eigenvalue weighted by Gasteiger charge is -2.49. The number of nitrogens with one attached hydrogen (secondary N) is 1. The van der Waals surface area contributed by atoms with Crippen molar-refractivity contribution in [1.29, 1.82) is 0 Å². The minimum atomic E-state index is 0.171. The summed E-state index contributed by atoms with van der Waals surface area (Å²) in [6.45, 7) is 16.8. The van der Waals surface area contributed by atoms with Gasteiger partial charge < -0.3 is 5.32 Å². The van der Waals surface area contributed by atoms with E-state index in [1.807, 2.05) is 12.3 Å². The predicted molar refractivity (Wildman–Crippen MR) is 84.7 cm³/mol. The van der Waals surface area contributed by atoms with Crippen LogP contribution in [0, 0.1) is 12.3 Å². The Kier molecular flexibility index (Phi) is 4.22. The molecule has 0 saturated carbocycles. The summed E-state index contributed by atoms with van der Waals surface area (Å²) in [4.78, 5) is 7.18. The summed E-state index contributed by atoms with van der Waals surface area (Å²) < 4.78 is 0. The molecule has 0 aromatic carbocycles. The standard InChI is InChI=1S/C17H29N3/c1-13-8-7-9-18-14(13)11-20-12-17(5,6)19-10-15(20)16(2,3)4/h7-9,15,19H,10-12H2,1-6H3. The maximum absolute atomic E-state index is 4.57. The molecule has 3 nitrogen and oxygen atoms in total. The van der Waals surface area contributed by atoms with Gasteiger partial charge in [0.2, 0.25) is 0 Å². The van der Waals surface area contributed by atoms with E-state index in [0.717, 1.165) is 19.6 Å². The van der Waals surface area contributed by atoms with Crippen LogP contribution in [0.1, 0.15) is 45.9 Å². The van der Waals surface area contributed by atoms with Gasteiger partial charge in [-0.15, -0.1) is 0 Å². The quantitative estimate of drug-likeness (QED) is 0.899. The fraction of sp³-hybridized carbons (Fsp3) is 0.706. The highest BCUT2D eigenvalue weighted by atomic mass is 15.3. The molecule has 2 rings (SSSR count). The van der Waals surface area contributed by atoms with Gasteiger partial charge in [0.05, 0.1) is 5.69 Å². The molecule has 0 aliphatic carbocycles. The van der Waals surface area contributed by atoms with Crippen molar-refractivity contribution in [3.8, 4) is 0 Å². The molecular formula is C17H29N3. The van der Waals surface area contributed by atoms with Crippen molar-refractivity contribution in [3.05, 3.63) is 29.6 Å². The number of aryl methyl sites for hydroxylation is 1. The van der Waals surface area contributed by atoms with Crippen LogP contribution >= 0.6 is 0 Å². The Balaban J connectivity index is 2.22. The van der Waals surface area contributed by atoms with Gasteiger partial charge in [-0.3, -0.25) is 9.88 Å². The van der Waals surface area contributed by atoms with Gasteiger partial charge in [0.25, 0.3) is 0 Å². The number of piperazine rings is 1. The molecule has 0 radical (unpaired) electrons. The van der Waals surface area contributed by atoms with Crippen LogP contribution in [0.4, 0.5) is 0 Å². The van der Waals surface area contributed by atoms with Crippen molar-refractivity contribution < 1.29 is 0 Å². The number of hydrogen-bond acceptors (Lipinski definition) is 3. The van der Waals surface area contributed by atoms with Crippen molar-refractivity contribution in [2.24, 2.45) is 5.41 Å². The van der Waals surface area contributed by atoms with Crippen LogP contribution < -0.4 is 5.32 Å². The Morgan fingerprint density at radius 3 is 2.70 bits per heavy atom. The molecule has 1 aliphatic rings. The molecule has 1 unspecified atom stereocenters. The first-order valence-corrected chi connectivity index (χ1v) is 7.59. The molecular weight excluding hydrogens is 246 g/mol. The smallest absolute Gasteiger partial charge is 0.0573 e. The third-order valence-corrected chi connectivity index (χ3v) is 4.28. The average molecular weight is 275 g/mol. The Hall–Kier alpha value is -0.930. The van der Waals surface area contributed by atoms with Crippen LogP contribution in [-0.2, 0) is 6.54 Å². The summed E-state index contributed by atoms with van der Waals surface area (Å²) in [5, 5.41) is 3.68. The minimum Gasteiger partial charge on any atom is -0.309 e. The van der Waals surface area contributed by atoms with Crippen molar-refractivity contribution in [3.63, 3.8) is 0 Å². The Morgan fingerprint density at radius 1 is 1.40 bits per heavy atom. The molecule has 2 heterocycles. The maximum atomic E-state index is 4.57. The second kappa shape index (κ2) is 5.45. The van der Waals surface area contributed by atoms with E-state index in [0.29, 0.717) is 6.04 Å². The Morgan fingerprint density at radius 2 is 2.10 bits per heavy atom. The molecule has 0 bridgehead atoms. The number of pyridine rings is 1. The first-order valence-electron chi connectivity index (χ1n) is 7.59. The van der Waals surface area contributed by atoms with E-state index in [9.17, 15) is 0 Å². The van der Waals surface area contributed by atoms with E-state index in [1.54, 1.807) is 0 Å². The van der Waals surface area contributed by atoms with Gasteiger partial charge in [-0.25, -0.2) is 0 Å². The molecule has 0 spiro atoms. The van der Waals surface area contributed by atoms with Crippen molar-refractivity contribution >= 4 is 0 Å². The van der Waals surface area contributed by atoms with Crippen LogP contribution in [0.25, 0.3) is 0 Å². The molecule has 1 aliphatic heterocycles. The first-order chi connectivity index (χ1) is 9.19. The lowest BCUT2D eigenvalue weighted by molar-refractivity contribution is 0.0262. The zero-order valence-corrected chi connectivity index (χ0v) is 13.8. The fourth-order valence-corrected chi connectivity index (χ4v) is 3.07. The molecule has 1 aromatic rings. The molecule has 1 atom stereocenters. The lowest BCUT2D eigenvalue weighted by atomic mass is 9.82. The van der Waals surface area contributed by atoms with Crippen molar-refractivity contribution in [2.75, 3.05) is 13.1 Å². The zero-order chi connectivity index (χ0) is 15.0. The predicted octanol–water partition coefficient (Wildman–Crippen LogP) is 2.99. The van der Waals surface area contributed by atoms with Gasteiger partial charge in [0.15, 0.2) is 0 Å². The zero-order valence-electron chi connectivity index (χ0n) is 13.8. The number of hydrogen-bond donors (Lipinski definition) is 1. The monoisotopic (exact) mass is 275 g/mol. The van der Waals surface area contributed by atoms with Gasteiger partial charge >= 0.3 is 0 Å². The summed E-state index contributed by atoms with van der Waals surface area (Å²) in [6, 6.07) is 4.71. The molecule has 1 aromatic heterocycles. The third-order valence-electron chi connectivity index (χ3n) is 4.28. The van der Waals surface area contributed by atoms with E-state index >= 15 is 0 Å². The van der Waals surface area contributed by atoms with E-state index in [4.69, 9.17) is 0 Å². The van der Waals surface area contributed by atoms with Crippen LogP contribution in [0.2, 0.25) is 0 Å². The molecule has 112 valence electrons. The summed E-state index contributed by atoms with van der Waals surface area (Å²) in [6.07, 6.45) is 1.90. The molecule has 3 heteroatoms. The normalized spacial score (nSPS) is 23.8. The molecule has 1 saturated heterocycles. The summed E-state index contributed by atoms with van der Waals surface area (Å²) in [5.74, 6) is 0. The van der Waals surface area contributed by atoms with E-state index in [2.05, 4.69) is 62.8 Å². The highest BCUT2D eigenvalue weighted by molar-refractivity contribution is 5.18. The van der Waals surface area contributed by atoms with E-state index in [1.165, 1.54) is 11.3 Å². The average Bonchev–Trinajstić information content (AvgIpc) is 2.29. The fourth-order valence-electron chi connectivity index (χ4n) is 3.07. The second-order valence-electron chi connectivity index (χ2n) is 7.82. The third kappa shape index (κ3) is 3.58. The Labute approximate surface area is 123 Å². The number of rotatable bonds is 2. The van der Waals surface area contributed by atoms with Gasteiger partial charge in [-0.1, -0.05) is 26.8 Å². The molecule has 1 N–H and O–H groups in total. The van der Waals surface area contributed by atoms with E-state index < -0.39 is 0 Å². The number of nitrogens with zero attached hydrogens (tertiary/aromatic N) is 2. The Bertz CT molecular complexity index is 460. The van der Waals surface area contributed by atoms with Crippen LogP contribution in [0.5, 0.6) is 0 Å². The minimum absolute atomic E-state index is 0.171. The second-order valence-corrected chi connectivity index (χ2v) is 7.82. The summed E-state index contributed by atoms with van der Waals surface area (Å²) >= 11 is 0. The highest BCUT2D eigenvalue weighted by Gasteiger charge is 2.38. The van der Waals surface area contributed by atoms with Gasteiger partial charge in [0.1, 0.15) is 0 Å². The van der Waals surface area contributed by atoms with Crippen molar-refractivity contribution in [1.82, 2.24) is 15.2 Å². The van der Waals surface area contributed by atoms with Gasteiger partial charge in [0, 0.05) is 37.4 Å². The topological polar surface area (TPSA) is 28.2 Å². The molecule has 20 heavy (non-hydrogen) atoms. The first kappa shape index (κ1) is 15.5. The van der Waals surface area contributed by atoms with Crippen LogP contribution in [0.15, 0.2) is 18.3 Å². The molecule has 0 amide bonds. The lowest BCUT2D eigenvalue weighted by Crippen LogP contribution is -2.64. The van der Waals surface area contributed by atoms with Crippen LogP contribution in [-0.4, -0.2) is 34.6 Å². The molecule has 1 fully saturated rings. The number of aromatic nitrogens is 1. The maximum Gasteiger partial charge on any atom is 0.0573 e. The summed E-state index contributed by atoms with van der Waals surface area (Å²) in [5.41, 5.74) is 2.94. The van der Waals surface area contributed by atoms with Crippen molar-refractivity contribution in [2.45, 2.75) is 59.7 Å². The van der Waals surface area contributed by atoms with Gasteiger partial charge in [-0.05, 0) is 37.8 Å². The summed E-state index contributed by atoms with van der Waals surface area (Å²) in [7, 11) is 0. The highest BCUT2D eigenvalue weighted by Crippen LogP contribution is 2.30. The van der Waals surface area contributed by atoms with E-state index in [-0.39, 0.29) is 11.0 Å². The van der Waals surface area contributed by atoms with Gasteiger partial charge in [-0.2, -0.15) is 0 Å². The SMILES string of the molecule is Cc1cccnc1CN1CC(C)(C)NCC1C(C)(C)C. The largest absolute Gasteiger partial charge is 0.309 e. The van der Waals surface area contributed by atoms with Crippen LogP contribution in [0.3, 0.4) is 0 Å².